The lowest BCUT2D eigenvalue weighted by Gasteiger charge is -2.23. The monoisotopic (exact) mass is 311 g/mol. The number of hydrogen-bond acceptors (Lipinski definition) is 4. The van der Waals surface area contributed by atoms with E-state index in [1.54, 1.807) is 19.2 Å². The summed E-state index contributed by atoms with van der Waals surface area (Å²) in [5.41, 5.74) is 4.74. The number of sulfonamides is 1. The summed E-state index contributed by atoms with van der Waals surface area (Å²) < 4.78 is 27.2. The van der Waals surface area contributed by atoms with Gasteiger partial charge in [-0.1, -0.05) is 12.8 Å². The lowest BCUT2D eigenvalue weighted by molar-refractivity contribution is 0.387. The molecule has 1 fully saturated rings. The fourth-order valence-corrected chi connectivity index (χ4v) is 4.90. The summed E-state index contributed by atoms with van der Waals surface area (Å²) in [6, 6.07) is 3.53. The summed E-state index contributed by atoms with van der Waals surface area (Å²) in [6.07, 6.45) is 4.70. The van der Waals surface area contributed by atoms with E-state index in [-0.39, 0.29) is 0 Å². The molecule has 6 heteroatoms. The minimum atomic E-state index is -3.45. The second-order valence-electron chi connectivity index (χ2n) is 6.02. The molecule has 0 amide bonds. The number of nitrogen functional groups attached to an aromatic ring is 1. The van der Waals surface area contributed by atoms with Crippen LogP contribution in [0.1, 0.15) is 36.8 Å². The fraction of sp³-hybridized carbons (Fsp3) is 0.600. The average molecular weight is 311 g/mol. The van der Waals surface area contributed by atoms with Gasteiger partial charge in [-0.15, -0.1) is 0 Å². The van der Waals surface area contributed by atoms with Gasteiger partial charge in [0.15, 0.2) is 0 Å². The van der Waals surface area contributed by atoms with E-state index >= 15 is 0 Å². The van der Waals surface area contributed by atoms with Gasteiger partial charge in [-0.2, -0.15) is 0 Å². The molecule has 0 saturated heterocycles. The van der Waals surface area contributed by atoms with E-state index < -0.39 is 10.0 Å². The zero-order valence-corrected chi connectivity index (χ0v) is 13.8. The van der Waals surface area contributed by atoms with Crippen LogP contribution in [0.25, 0.3) is 0 Å². The maximum Gasteiger partial charge on any atom is 0.243 e. The highest BCUT2D eigenvalue weighted by Gasteiger charge is 2.28. The third kappa shape index (κ3) is 3.39. The Morgan fingerprint density at radius 2 is 1.76 bits per heavy atom. The summed E-state index contributed by atoms with van der Waals surface area (Å²) >= 11 is 0. The summed E-state index contributed by atoms with van der Waals surface area (Å²) in [7, 11) is -1.77. The largest absolute Gasteiger partial charge is 0.324 e. The van der Waals surface area contributed by atoms with E-state index in [9.17, 15) is 8.42 Å². The normalized spacial score (nSPS) is 16.6. The first-order valence-corrected chi connectivity index (χ1v) is 8.84. The summed E-state index contributed by atoms with van der Waals surface area (Å²) in [6.45, 7) is 4.23. The van der Waals surface area contributed by atoms with E-state index in [4.69, 9.17) is 5.84 Å². The lowest BCUT2D eigenvalue weighted by atomic mass is 10.1. The summed E-state index contributed by atoms with van der Waals surface area (Å²) in [5, 5.41) is 0. The van der Waals surface area contributed by atoms with Crippen molar-refractivity contribution >= 4 is 15.7 Å². The Kier molecular flexibility index (Phi) is 4.91. The number of rotatable bonds is 5. The third-order valence-electron chi connectivity index (χ3n) is 4.29. The Morgan fingerprint density at radius 3 is 2.24 bits per heavy atom. The number of hydrogen-bond donors (Lipinski definition) is 2. The second-order valence-corrected chi connectivity index (χ2v) is 8.00. The molecule has 5 nitrogen and oxygen atoms in total. The van der Waals surface area contributed by atoms with E-state index in [0.29, 0.717) is 17.4 Å². The van der Waals surface area contributed by atoms with Crippen molar-refractivity contribution in [3.8, 4) is 0 Å². The van der Waals surface area contributed by atoms with E-state index in [1.807, 2.05) is 13.8 Å². The highest BCUT2D eigenvalue weighted by Crippen LogP contribution is 2.30. The van der Waals surface area contributed by atoms with Crippen molar-refractivity contribution in [1.82, 2.24) is 4.31 Å². The molecule has 2 rings (SSSR count). The molecule has 0 atom stereocenters. The predicted octanol–water partition coefficient (Wildman–Crippen LogP) is 2.40. The van der Waals surface area contributed by atoms with Gasteiger partial charge in [0.25, 0.3) is 0 Å². The zero-order chi connectivity index (χ0) is 15.6. The first kappa shape index (κ1) is 16.3. The fourth-order valence-electron chi connectivity index (χ4n) is 3.25. The van der Waals surface area contributed by atoms with E-state index in [1.165, 1.54) is 17.1 Å². The molecule has 0 aromatic heterocycles. The Morgan fingerprint density at radius 1 is 1.24 bits per heavy atom. The van der Waals surface area contributed by atoms with Crippen molar-refractivity contribution in [1.29, 1.82) is 0 Å². The second kappa shape index (κ2) is 6.34. The van der Waals surface area contributed by atoms with Gasteiger partial charge in [-0.3, -0.25) is 5.84 Å². The molecule has 1 aliphatic carbocycles. The molecule has 0 spiro atoms. The van der Waals surface area contributed by atoms with Crippen LogP contribution in [-0.4, -0.2) is 26.3 Å². The van der Waals surface area contributed by atoms with Crippen LogP contribution in [0.2, 0.25) is 0 Å². The molecule has 0 aliphatic heterocycles. The standard InChI is InChI=1S/C15H25N3O2S/c1-11-8-14(17-16)9-12(2)15(11)21(19,20)18(3)10-13-6-4-5-7-13/h8-9,13,17H,4-7,10,16H2,1-3H3. The van der Waals surface area contributed by atoms with Crippen molar-refractivity contribution in [2.45, 2.75) is 44.4 Å². The molecule has 118 valence electrons. The van der Waals surface area contributed by atoms with Crippen LogP contribution in [0.15, 0.2) is 17.0 Å². The number of nitrogens with zero attached hydrogens (tertiary/aromatic N) is 1. The average Bonchev–Trinajstić information content (AvgIpc) is 2.90. The van der Waals surface area contributed by atoms with Crippen molar-refractivity contribution in [3.05, 3.63) is 23.3 Å². The van der Waals surface area contributed by atoms with Crippen LogP contribution >= 0.6 is 0 Å². The molecule has 0 bridgehead atoms. The van der Waals surface area contributed by atoms with Gasteiger partial charge in [0.1, 0.15) is 0 Å². The zero-order valence-electron chi connectivity index (χ0n) is 13.0. The molecular weight excluding hydrogens is 286 g/mol. The van der Waals surface area contributed by atoms with Gasteiger partial charge < -0.3 is 5.43 Å². The van der Waals surface area contributed by atoms with Crippen molar-refractivity contribution in [2.24, 2.45) is 11.8 Å². The lowest BCUT2D eigenvalue weighted by Crippen LogP contribution is -2.32. The van der Waals surface area contributed by atoms with Gasteiger partial charge in [-0.25, -0.2) is 12.7 Å². The van der Waals surface area contributed by atoms with Crippen LogP contribution in [0.4, 0.5) is 5.69 Å². The minimum Gasteiger partial charge on any atom is -0.324 e. The van der Waals surface area contributed by atoms with Crippen molar-refractivity contribution in [2.75, 3.05) is 19.0 Å². The summed E-state index contributed by atoms with van der Waals surface area (Å²) in [4.78, 5) is 0.405. The topological polar surface area (TPSA) is 75.4 Å². The molecule has 3 N–H and O–H groups in total. The molecule has 1 aromatic carbocycles. The summed E-state index contributed by atoms with van der Waals surface area (Å²) in [5.74, 6) is 5.90. The van der Waals surface area contributed by atoms with Crippen LogP contribution in [0.5, 0.6) is 0 Å². The molecule has 0 unspecified atom stereocenters. The van der Waals surface area contributed by atoms with Crippen LogP contribution in [0, 0.1) is 19.8 Å². The Hall–Kier alpha value is -1.11. The molecular formula is C15H25N3O2S. The highest BCUT2D eigenvalue weighted by atomic mass is 32.2. The first-order valence-electron chi connectivity index (χ1n) is 7.40. The molecule has 0 heterocycles. The van der Waals surface area contributed by atoms with Crippen molar-refractivity contribution in [3.63, 3.8) is 0 Å². The van der Waals surface area contributed by atoms with Gasteiger partial charge in [0.2, 0.25) is 10.0 Å². The minimum absolute atomic E-state index is 0.405. The van der Waals surface area contributed by atoms with Gasteiger partial charge in [-0.05, 0) is 55.9 Å². The number of nitrogens with one attached hydrogen (secondary N) is 1. The van der Waals surface area contributed by atoms with Gasteiger partial charge in [0.05, 0.1) is 4.90 Å². The smallest absolute Gasteiger partial charge is 0.243 e. The van der Waals surface area contributed by atoms with Crippen LogP contribution in [0.3, 0.4) is 0 Å². The number of benzene rings is 1. The molecule has 1 aliphatic rings. The molecule has 1 saturated carbocycles. The molecule has 1 aromatic rings. The third-order valence-corrected chi connectivity index (χ3v) is 6.41. The van der Waals surface area contributed by atoms with Gasteiger partial charge in [0, 0.05) is 19.3 Å². The Balaban J connectivity index is 2.30. The molecule has 0 radical (unpaired) electrons. The SMILES string of the molecule is Cc1cc(NN)cc(C)c1S(=O)(=O)N(C)CC1CCCC1. The maximum atomic E-state index is 12.8. The van der Waals surface area contributed by atoms with E-state index in [2.05, 4.69) is 5.43 Å². The highest BCUT2D eigenvalue weighted by molar-refractivity contribution is 7.89. The number of nitrogens with two attached hydrogens (primary N) is 1. The van der Waals surface area contributed by atoms with Crippen molar-refractivity contribution < 1.29 is 8.42 Å². The molecule has 21 heavy (non-hydrogen) atoms. The number of hydrazine groups is 1. The number of anilines is 1. The Labute approximate surface area is 127 Å². The first-order chi connectivity index (χ1) is 9.86. The Bertz CT molecular complexity index is 584. The van der Waals surface area contributed by atoms with E-state index in [0.717, 1.165) is 29.7 Å². The quantitative estimate of drug-likeness (QED) is 0.647. The number of aryl methyl sites for hydroxylation is 2. The van der Waals surface area contributed by atoms with Gasteiger partial charge >= 0.3 is 0 Å². The van der Waals surface area contributed by atoms with Crippen LogP contribution < -0.4 is 11.3 Å². The van der Waals surface area contributed by atoms with Crippen LogP contribution in [-0.2, 0) is 10.0 Å². The predicted molar refractivity (Wildman–Crippen MR) is 85.5 cm³/mol. The maximum absolute atomic E-state index is 12.8.